The number of rotatable bonds is 6. The minimum absolute atomic E-state index is 0.299. The normalized spacial score (nSPS) is 22.7. The van der Waals surface area contributed by atoms with Crippen LogP contribution in [0.1, 0.15) is 45.6 Å². The topological polar surface area (TPSA) is 23.6 Å². The highest BCUT2D eigenvalue weighted by atomic mass is 16.2. The van der Waals surface area contributed by atoms with Crippen LogP contribution in [0, 0.1) is 0 Å². The molecular weight excluding hydrogens is 284 g/mol. The summed E-state index contributed by atoms with van der Waals surface area (Å²) in [6, 6.07) is 11.0. The fourth-order valence-electron chi connectivity index (χ4n) is 3.43. The summed E-state index contributed by atoms with van der Waals surface area (Å²) in [5.41, 5.74) is 1.24. The van der Waals surface area contributed by atoms with E-state index in [0.29, 0.717) is 24.4 Å². The summed E-state index contributed by atoms with van der Waals surface area (Å²) >= 11 is 0. The van der Waals surface area contributed by atoms with Crippen LogP contribution < -0.4 is 0 Å². The number of hydrogen-bond acceptors (Lipinski definition) is 2. The minimum Gasteiger partial charge on any atom is -0.335 e. The van der Waals surface area contributed by atoms with E-state index in [1.54, 1.807) is 0 Å². The van der Waals surface area contributed by atoms with Gasteiger partial charge >= 0.3 is 0 Å². The Kier molecular flexibility index (Phi) is 6.85. The largest absolute Gasteiger partial charge is 0.335 e. The number of unbranched alkanes of at least 4 members (excludes halogenated alkanes) is 1. The third-order valence-electron chi connectivity index (χ3n) is 4.50. The highest BCUT2D eigenvalue weighted by molar-refractivity contribution is 5.77. The molecule has 1 saturated heterocycles. The van der Waals surface area contributed by atoms with Crippen LogP contribution in [0.25, 0.3) is 6.08 Å². The Bertz CT molecular complexity index is 500. The maximum atomic E-state index is 12.4. The van der Waals surface area contributed by atoms with Crippen molar-refractivity contribution in [3.63, 3.8) is 0 Å². The van der Waals surface area contributed by atoms with E-state index in [-0.39, 0.29) is 0 Å². The van der Waals surface area contributed by atoms with Gasteiger partial charge in [0, 0.05) is 38.1 Å². The molecule has 1 aromatic carbocycles. The van der Waals surface area contributed by atoms with Gasteiger partial charge in [-0.1, -0.05) is 55.8 Å². The first kappa shape index (κ1) is 17.7. The van der Waals surface area contributed by atoms with Gasteiger partial charge in [-0.25, -0.2) is 0 Å². The number of carbonyl (C=O) groups excluding carboxylic acids is 1. The van der Waals surface area contributed by atoms with Crippen molar-refractivity contribution < 1.29 is 4.79 Å². The van der Waals surface area contributed by atoms with Crippen LogP contribution in [0.15, 0.2) is 36.4 Å². The molecule has 1 aromatic rings. The Morgan fingerprint density at radius 3 is 2.43 bits per heavy atom. The molecule has 0 N–H and O–H groups in total. The zero-order valence-electron chi connectivity index (χ0n) is 14.7. The average molecular weight is 314 g/mol. The van der Waals surface area contributed by atoms with Crippen LogP contribution >= 0.6 is 0 Å². The van der Waals surface area contributed by atoms with Gasteiger partial charge in [0.2, 0.25) is 5.91 Å². The summed E-state index contributed by atoms with van der Waals surface area (Å²) < 4.78 is 0. The Morgan fingerprint density at radius 2 is 1.83 bits per heavy atom. The van der Waals surface area contributed by atoms with Gasteiger partial charge in [-0.3, -0.25) is 9.69 Å². The van der Waals surface area contributed by atoms with E-state index in [1.807, 2.05) is 6.07 Å². The number of amides is 1. The monoisotopic (exact) mass is 314 g/mol. The van der Waals surface area contributed by atoms with E-state index >= 15 is 0 Å². The van der Waals surface area contributed by atoms with Gasteiger partial charge in [0.25, 0.3) is 0 Å². The highest BCUT2D eigenvalue weighted by Crippen LogP contribution is 2.18. The lowest BCUT2D eigenvalue weighted by Crippen LogP contribution is -2.58. The molecule has 1 amide bonds. The Labute approximate surface area is 141 Å². The summed E-state index contributed by atoms with van der Waals surface area (Å²) in [6.45, 7) is 9.35. The number of hydrogen-bond donors (Lipinski definition) is 0. The maximum absolute atomic E-state index is 12.4. The third kappa shape index (κ3) is 5.21. The fourth-order valence-corrected chi connectivity index (χ4v) is 3.43. The van der Waals surface area contributed by atoms with Crippen LogP contribution in [0.4, 0.5) is 0 Å². The molecule has 1 aliphatic rings. The van der Waals surface area contributed by atoms with E-state index in [4.69, 9.17) is 0 Å². The van der Waals surface area contributed by atoms with E-state index in [9.17, 15) is 4.79 Å². The summed E-state index contributed by atoms with van der Waals surface area (Å²) in [5.74, 6) is 0.325. The van der Waals surface area contributed by atoms with Crippen LogP contribution in [0.3, 0.4) is 0 Å². The SMILES string of the molecule is CCCCC(=O)N1C(C)CN(C/C=C\c2ccccc2)CC1C. The molecule has 0 aromatic heterocycles. The van der Waals surface area contributed by atoms with Crippen molar-refractivity contribution >= 4 is 12.0 Å². The van der Waals surface area contributed by atoms with Crippen molar-refractivity contribution in [2.75, 3.05) is 19.6 Å². The molecule has 0 spiro atoms. The predicted octanol–water partition coefficient (Wildman–Crippen LogP) is 3.81. The van der Waals surface area contributed by atoms with Gasteiger partial charge in [0.15, 0.2) is 0 Å². The number of piperazine rings is 1. The molecule has 3 heteroatoms. The van der Waals surface area contributed by atoms with Crippen molar-refractivity contribution in [3.05, 3.63) is 42.0 Å². The van der Waals surface area contributed by atoms with Crippen LogP contribution in [-0.2, 0) is 4.79 Å². The fraction of sp³-hybridized carbons (Fsp3) is 0.550. The van der Waals surface area contributed by atoms with Crippen molar-refractivity contribution in [2.24, 2.45) is 0 Å². The van der Waals surface area contributed by atoms with Crippen molar-refractivity contribution in [2.45, 2.75) is 52.1 Å². The van der Waals surface area contributed by atoms with Gasteiger partial charge in [-0.15, -0.1) is 0 Å². The van der Waals surface area contributed by atoms with Crippen LogP contribution in [0.5, 0.6) is 0 Å². The molecule has 2 atom stereocenters. The van der Waals surface area contributed by atoms with Gasteiger partial charge in [-0.05, 0) is 25.8 Å². The molecule has 2 unspecified atom stereocenters. The maximum Gasteiger partial charge on any atom is 0.223 e. The van der Waals surface area contributed by atoms with E-state index in [1.165, 1.54) is 5.56 Å². The molecule has 1 aliphatic heterocycles. The average Bonchev–Trinajstić information content (AvgIpc) is 2.53. The zero-order chi connectivity index (χ0) is 16.7. The first-order valence-corrected chi connectivity index (χ1v) is 8.87. The zero-order valence-corrected chi connectivity index (χ0v) is 14.7. The third-order valence-corrected chi connectivity index (χ3v) is 4.50. The molecule has 3 nitrogen and oxygen atoms in total. The smallest absolute Gasteiger partial charge is 0.223 e. The Morgan fingerprint density at radius 1 is 1.17 bits per heavy atom. The molecule has 2 rings (SSSR count). The second kappa shape index (κ2) is 8.88. The van der Waals surface area contributed by atoms with E-state index in [2.05, 4.69) is 67.0 Å². The van der Waals surface area contributed by atoms with Gasteiger partial charge in [-0.2, -0.15) is 0 Å². The predicted molar refractivity (Wildman–Crippen MR) is 97.2 cm³/mol. The molecule has 1 heterocycles. The van der Waals surface area contributed by atoms with Gasteiger partial charge < -0.3 is 4.90 Å². The van der Waals surface area contributed by atoms with Crippen molar-refractivity contribution in [1.82, 2.24) is 9.80 Å². The molecule has 0 saturated carbocycles. The summed E-state index contributed by atoms with van der Waals surface area (Å²) in [4.78, 5) is 16.9. The Balaban J connectivity index is 1.86. The lowest BCUT2D eigenvalue weighted by molar-refractivity contribution is -0.139. The first-order chi connectivity index (χ1) is 11.1. The molecule has 23 heavy (non-hydrogen) atoms. The van der Waals surface area contributed by atoms with Crippen molar-refractivity contribution in [3.8, 4) is 0 Å². The standard InChI is InChI=1S/C20H30N2O/c1-4-5-13-20(23)22-17(2)15-21(16-18(22)3)14-9-12-19-10-7-6-8-11-19/h6-12,17-18H,4-5,13-16H2,1-3H3/b12-9-. The lowest BCUT2D eigenvalue weighted by Gasteiger charge is -2.44. The van der Waals surface area contributed by atoms with E-state index < -0.39 is 0 Å². The molecule has 0 aliphatic carbocycles. The quantitative estimate of drug-likeness (QED) is 0.797. The molecule has 126 valence electrons. The second-order valence-corrected chi connectivity index (χ2v) is 6.63. The number of nitrogens with zero attached hydrogens (tertiary/aromatic N) is 2. The number of benzene rings is 1. The van der Waals surface area contributed by atoms with E-state index in [0.717, 1.165) is 32.5 Å². The lowest BCUT2D eigenvalue weighted by atomic mass is 10.1. The minimum atomic E-state index is 0.299. The second-order valence-electron chi connectivity index (χ2n) is 6.63. The molecule has 1 fully saturated rings. The summed E-state index contributed by atoms with van der Waals surface area (Å²) in [7, 11) is 0. The van der Waals surface area contributed by atoms with Crippen LogP contribution in [0.2, 0.25) is 0 Å². The molecule has 0 bridgehead atoms. The molecule has 0 radical (unpaired) electrons. The summed E-state index contributed by atoms with van der Waals surface area (Å²) in [6.07, 6.45) is 7.17. The van der Waals surface area contributed by atoms with Crippen molar-refractivity contribution in [1.29, 1.82) is 0 Å². The summed E-state index contributed by atoms with van der Waals surface area (Å²) in [5, 5.41) is 0. The Hall–Kier alpha value is -1.61. The van der Waals surface area contributed by atoms with Crippen LogP contribution in [-0.4, -0.2) is 47.4 Å². The van der Waals surface area contributed by atoms with Gasteiger partial charge in [0.05, 0.1) is 0 Å². The molecular formula is C20H30N2O. The first-order valence-electron chi connectivity index (χ1n) is 8.87. The number of carbonyl (C=O) groups is 1. The highest BCUT2D eigenvalue weighted by Gasteiger charge is 2.31. The van der Waals surface area contributed by atoms with Gasteiger partial charge in [0.1, 0.15) is 0 Å².